The quantitative estimate of drug-likeness (QED) is 0.357. The summed E-state index contributed by atoms with van der Waals surface area (Å²) in [4.78, 5) is 25.4. The summed E-state index contributed by atoms with van der Waals surface area (Å²) in [6.45, 7) is 3.34. The summed E-state index contributed by atoms with van der Waals surface area (Å²) in [6.07, 6.45) is 0.370. The lowest BCUT2D eigenvalue weighted by Gasteiger charge is -2.36. The highest BCUT2D eigenvalue weighted by atomic mass is 127. The third-order valence-corrected chi connectivity index (χ3v) is 5.04. The van der Waals surface area contributed by atoms with Crippen LogP contribution in [0.4, 0.5) is 0 Å². The van der Waals surface area contributed by atoms with Gasteiger partial charge in [0.05, 0.1) is 25.8 Å². The third kappa shape index (κ3) is 6.73. The molecule has 162 valence electrons. The zero-order valence-electron chi connectivity index (χ0n) is 17.2. The van der Waals surface area contributed by atoms with Gasteiger partial charge >= 0.3 is 0 Å². The molecule has 30 heavy (non-hydrogen) atoms. The number of guanidine groups is 1. The molecule has 0 bridgehead atoms. The number of ether oxygens (including phenoxy) is 1. The van der Waals surface area contributed by atoms with Crippen LogP contribution >= 0.6 is 35.6 Å². The normalized spacial score (nSPS) is 14.2. The molecule has 1 aliphatic rings. The second-order valence-electron chi connectivity index (χ2n) is 6.75. The van der Waals surface area contributed by atoms with E-state index in [1.165, 1.54) is 0 Å². The Balaban J connectivity index is 0.00000320. The Morgan fingerprint density at radius 2 is 1.87 bits per heavy atom. The van der Waals surface area contributed by atoms with E-state index in [2.05, 4.69) is 20.2 Å². The SMILES string of the molecule is CN=C(NCc1cccc(OC)n1)N1CCN(C(=O)Cc2cccc(Cl)c2)CC1.I. The number of amides is 1. The maximum absolute atomic E-state index is 12.6. The van der Waals surface area contributed by atoms with E-state index in [1.54, 1.807) is 14.2 Å². The van der Waals surface area contributed by atoms with Gasteiger partial charge in [0.25, 0.3) is 0 Å². The van der Waals surface area contributed by atoms with Crippen LogP contribution in [0, 0.1) is 0 Å². The summed E-state index contributed by atoms with van der Waals surface area (Å²) in [5.74, 6) is 1.51. The number of methoxy groups -OCH3 is 1. The minimum atomic E-state index is 0. The Labute approximate surface area is 199 Å². The average Bonchev–Trinajstić information content (AvgIpc) is 2.75. The maximum atomic E-state index is 12.6. The van der Waals surface area contributed by atoms with Crippen molar-refractivity contribution in [3.05, 3.63) is 58.7 Å². The molecule has 1 N–H and O–H groups in total. The van der Waals surface area contributed by atoms with Crippen molar-refractivity contribution in [3.8, 4) is 5.88 Å². The lowest BCUT2D eigenvalue weighted by Crippen LogP contribution is -2.53. The minimum Gasteiger partial charge on any atom is -0.481 e. The van der Waals surface area contributed by atoms with E-state index in [-0.39, 0.29) is 29.9 Å². The molecule has 0 aliphatic carbocycles. The summed E-state index contributed by atoms with van der Waals surface area (Å²) in [7, 11) is 3.36. The molecule has 2 aromatic rings. The van der Waals surface area contributed by atoms with Gasteiger partial charge in [-0.25, -0.2) is 4.98 Å². The van der Waals surface area contributed by atoms with Crippen LogP contribution < -0.4 is 10.1 Å². The highest BCUT2D eigenvalue weighted by Gasteiger charge is 2.23. The van der Waals surface area contributed by atoms with Gasteiger partial charge in [-0.1, -0.05) is 29.8 Å². The van der Waals surface area contributed by atoms with Crippen molar-refractivity contribution in [1.29, 1.82) is 0 Å². The molecular weight excluding hydrogens is 517 g/mol. The summed E-state index contributed by atoms with van der Waals surface area (Å²) in [5.41, 5.74) is 1.81. The standard InChI is InChI=1S/C21H26ClN5O2.HI/c1-23-21(24-15-18-7-4-8-19(25-18)29-2)27-11-9-26(10-12-27)20(28)14-16-5-3-6-17(22)13-16;/h3-8,13H,9-12,14-15H2,1-2H3,(H,23,24);1H. The van der Waals surface area contributed by atoms with E-state index in [1.807, 2.05) is 47.4 Å². The molecule has 0 atom stereocenters. The van der Waals surface area contributed by atoms with Crippen LogP contribution in [-0.4, -0.2) is 67.0 Å². The van der Waals surface area contributed by atoms with Gasteiger partial charge < -0.3 is 19.9 Å². The van der Waals surface area contributed by atoms with Crippen LogP contribution in [0.1, 0.15) is 11.3 Å². The summed E-state index contributed by atoms with van der Waals surface area (Å²) in [6, 6.07) is 13.1. The number of aromatic nitrogens is 1. The largest absolute Gasteiger partial charge is 0.481 e. The van der Waals surface area contributed by atoms with Gasteiger partial charge in [0.1, 0.15) is 0 Å². The van der Waals surface area contributed by atoms with Gasteiger partial charge in [0.2, 0.25) is 11.8 Å². The van der Waals surface area contributed by atoms with Crippen molar-refractivity contribution in [3.63, 3.8) is 0 Å². The van der Waals surface area contributed by atoms with Gasteiger partial charge in [-0.2, -0.15) is 0 Å². The van der Waals surface area contributed by atoms with Gasteiger partial charge in [0.15, 0.2) is 5.96 Å². The van der Waals surface area contributed by atoms with Crippen LogP contribution in [0.25, 0.3) is 0 Å². The predicted octanol–water partition coefficient (Wildman–Crippen LogP) is 2.82. The fourth-order valence-electron chi connectivity index (χ4n) is 3.27. The molecule has 1 aromatic carbocycles. The first-order chi connectivity index (χ1) is 14.1. The molecule has 9 heteroatoms. The van der Waals surface area contributed by atoms with E-state index in [0.717, 1.165) is 30.3 Å². The van der Waals surface area contributed by atoms with Crippen molar-refractivity contribution >= 4 is 47.4 Å². The number of halogens is 2. The second-order valence-corrected chi connectivity index (χ2v) is 7.18. The van der Waals surface area contributed by atoms with Gasteiger partial charge in [-0.3, -0.25) is 9.79 Å². The van der Waals surface area contributed by atoms with Crippen LogP contribution in [0.3, 0.4) is 0 Å². The molecule has 1 amide bonds. The van der Waals surface area contributed by atoms with Crippen LogP contribution in [0.15, 0.2) is 47.5 Å². The Morgan fingerprint density at radius 1 is 1.17 bits per heavy atom. The van der Waals surface area contributed by atoms with Gasteiger partial charge in [0, 0.05) is 44.3 Å². The smallest absolute Gasteiger partial charge is 0.227 e. The third-order valence-electron chi connectivity index (χ3n) is 4.81. The molecule has 1 fully saturated rings. The highest BCUT2D eigenvalue weighted by molar-refractivity contribution is 14.0. The Kier molecular flexibility index (Phi) is 9.64. The van der Waals surface area contributed by atoms with E-state index in [4.69, 9.17) is 16.3 Å². The first kappa shape index (κ1) is 24.2. The van der Waals surface area contributed by atoms with Crippen LogP contribution in [0.5, 0.6) is 5.88 Å². The molecule has 0 saturated carbocycles. The number of pyridine rings is 1. The summed E-state index contributed by atoms with van der Waals surface area (Å²) < 4.78 is 5.16. The summed E-state index contributed by atoms with van der Waals surface area (Å²) in [5, 5.41) is 3.99. The number of nitrogens with zero attached hydrogens (tertiary/aromatic N) is 4. The van der Waals surface area contributed by atoms with E-state index >= 15 is 0 Å². The second kappa shape index (κ2) is 11.9. The molecular formula is C21H27ClIN5O2. The highest BCUT2D eigenvalue weighted by Crippen LogP contribution is 2.13. The van der Waals surface area contributed by atoms with Crippen molar-refractivity contribution in [1.82, 2.24) is 20.1 Å². The molecule has 1 aromatic heterocycles. The van der Waals surface area contributed by atoms with E-state index in [0.29, 0.717) is 37.0 Å². The minimum absolute atomic E-state index is 0. The molecule has 0 spiro atoms. The number of aliphatic imine (C=N–C) groups is 1. The molecule has 3 rings (SSSR count). The fraction of sp³-hybridized carbons (Fsp3) is 0.381. The Hall–Kier alpha value is -2.07. The topological polar surface area (TPSA) is 70.1 Å². The van der Waals surface area contributed by atoms with Gasteiger partial charge in [-0.05, 0) is 23.8 Å². The fourth-order valence-corrected chi connectivity index (χ4v) is 3.49. The zero-order chi connectivity index (χ0) is 20.6. The number of hydrogen-bond acceptors (Lipinski definition) is 4. The number of hydrogen-bond donors (Lipinski definition) is 1. The first-order valence-corrected chi connectivity index (χ1v) is 9.94. The van der Waals surface area contributed by atoms with Gasteiger partial charge in [-0.15, -0.1) is 24.0 Å². The number of rotatable bonds is 5. The number of piperazine rings is 1. The van der Waals surface area contributed by atoms with Crippen molar-refractivity contribution < 1.29 is 9.53 Å². The average molecular weight is 544 g/mol. The van der Waals surface area contributed by atoms with Crippen LogP contribution in [-0.2, 0) is 17.8 Å². The maximum Gasteiger partial charge on any atom is 0.227 e. The molecule has 1 saturated heterocycles. The molecule has 0 unspecified atom stereocenters. The monoisotopic (exact) mass is 543 g/mol. The molecule has 2 heterocycles. The number of carbonyl (C=O) groups is 1. The van der Waals surface area contributed by atoms with E-state index in [9.17, 15) is 4.79 Å². The number of nitrogens with one attached hydrogen (secondary N) is 1. The molecule has 1 aliphatic heterocycles. The number of carbonyl (C=O) groups excluding carboxylic acids is 1. The Morgan fingerprint density at radius 3 is 2.53 bits per heavy atom. The molecule has 0 radical (unpaired) electrons. The lowest BCUT2D eigenvalue weighted by atomic mass is 10.1. The lowest BCUT2D eigenvalue weighted by molar-refractivity contribution is -0.131. The van der Waals surface area contributed by atoms with Crippen molar-refractivity contribution in [2.75, 3.05) is 40.3 Å². The Bertz CT molecular complexity index is 872. The summed E-state index contributed by atoms with van der Waals surface area (Å²) >= 11 is 6.01. The zero-order valence-corrected chi connectivity index (χ0v) is 20.3. The number of benzene rings is 1. The van der Waals surface area contributed by atoms with Crippen LogP contribution in [0.2, 0.25) is 5.02 Å². The van der Waals surface area contributed by atoms with E-state index < -0.39 is 0 Å². The van der Waals surface area contributed by atoms with Crippen molar-refractivity contribution in [2.45, 2.75) is 13.0 Å². The molecule has 7 nitrogen and oxygen atoms in total. The predicted molar refractivity (Wildman–Crippen MR) is 130 cm³/mol. The van der Waals surface area contributed by atoms with Crippen molar-refractivity contribution in [2.24, 2.45) is 4.99 Å². The first-order valence-electron chi connectivity index (χ1n) is 9.57.